The summed E-state index contributed by atoms with van der Waals surface area (Å²) in [5.74, 6) is 1.19. The van der Waals surface area contributed by atoms with Gasteiger partial charge in [0, 0.05) is 11.6 Å². The van der Waals surface area contributed by atoms with Gasteiger partial charge in [0.25, 0.3) is 0 Å². The van der Waals surface area contributed by atoms with Crippen molar-refractivity contribution in [3.63, 3.8) is 0 Å². The summed E-state index contributed by atoms with van der Waals surface area (Å²) in [7, 11) is 0. The highest BCUT2D eigenvalue weighted by Gasteiger charge is 2.25. The smallest absolute Gasteiger partial charge is 0.173 e. The summed E-state index contributed by atoms with van der Waals surface area (Å²) in [6.45, 7) is 2.03. The molecular weight excluding hydrogens is 266 g/mol. The Balaban J connectivity index is 1.98. The molecule has 0 aliphatic carbocycles. The van der Waals surface area contributed by atoms with Crippen LogP contribution in [-0.2, 0) is 6.42 Å². The van der Waals surface area contributed by atoms with Crippen molar-refractivity contribution in [2.45, 2.75) is 25.3 Å². The summed E-state index contributed by atoms with van der Waals surface area (Å²) >= 11 is 6.16. The second-order valence-corrected chi connectivity index (χ2v) is 5.31. The molecule has 102 valence electrons. The largest absolute Gasteiger partial charge is 0.486 e. The molecule has 0 aromatic heterocycles. The predicted octanol–water partition coefficient (Wildman–Crippen LogP) is 2.22. The first-order chi connectivity index (χ1) is 9.29. The normalized spacial score (nSPS) is 21.4. The average Bonchev–Trinajstić information content (AvgIpc) is 2.92. The van der Waals surface area contributed by atoms with E-state index in [9.17, 15) is 4.79 Å². The van der Waals surface area contributed by atoms with Crippen LogP contribution in [0.1, 0.15) is 28.8 Å². The molecule has 1 unspecified atom stereocenters. The third-order valence-electron chi connectivity index (χ3n) is 3.62. The molecule has 1 aromatic rings. The van der Waals surface area contributed by atoms with Crippen LogP contribution in [0, 0.1) is 0 Å². The zero-order chi connectivity index (χ0) is 13.2. The number of fused-ring (bicyclic) bond motifs is 1. The Morgan fingerprint density at radius 2 is 2.16 bits per heavy atom. The Morgan fingerprint density at radius 1 is 1.37 bits per heavy atom. The third-order valence-corrected chi connectivity index (χ3v) is 3.94. The van der Waals surface area contributed by atoms with Gasteiger partial charge in [-0.1, -0.05) is 11.6 Å². The minimum Gasteiger partial charge on any atom is -0.486 e. The molecule has 0 radical (unpaired) electrons. The lowest BCUT2D eigenvalue weighted by atomic mass is 10.0. The summed E-state index contributed by atoms with van der Waals surface area (Å²) < 4.78 is 11.3. The van der Waals surface area contributed by atoms with Crippen molar-refractivity contribution < 1.29 is 14.3 Å². The molecule has 1 saturated heterocycles. The van der Waals surface area contributed by atoms with Gasteiger partial charge in [-0.15, -0.1) is 0 Å². The van der Waals surface area contributed by atoms with E-state index in [-0.39, 0.29) is 0 Å². The van der Waals surface area contributed by atoms with Crippen LogP contribution in [0.25, 0.3) is 0 Å². The van der Waals surface area contributed by atoms with Crippen molar-refractivity contribution >= 4 is 17.9 Å². The Morgan fingerprint density at radius 3 is 2.84 bits per heavy atom. The zero-order valence-corrected chi connectivity index (χ0v) is 11.3. The molecule has 0 amide bonds. The Labute approximate surface area is 117 Å². The van der Waals surface area contributed by atoms with Gasteiger partial charge in [-0.05, 0) is 31.9 Å². The summed E-state index contributed by atoms with van der Waals surface area (Å²) in [6, 6.07) is 2.28. The zero-order valence-electron chi connectivity index (χ0n) is 10.6. The van der Waals surface area contributed by atoms with Crippen molar-refractivity contribution in [2.75, 3.05) is 19.8 Å². The predicted molar refractivity (Wildman–Crippen MR) is 72.6 cm³/mol. The van der Waals surface area contributed by atoms with Gasteiger partial charge in [0.15, 0.2) is 17.8 Å². The van der Waals surface area contributed by atoms with Gasteiger partial charge in [0.2, 0.25) is 0 Å². The fourth-order valence-corrected chi connectivity index (χ4v) is 2.98. The first-order valence-electron chi connectivity index (χ1n) is 6.59. The van der Waals surface area contributed by atoms with Crippen LogP contribution in [0.15, 0.2) is 6.07 Å². The number of hydrogen-bond acceptors (Lipinski definition) is 4. The van der Waals surface area contributed by atoms with E-state index >= 15 is 0 Å². The van der Waals surface area contributed by atoms with Gasteiger partial charge in [-0.25, -0.2) is 0 Å². The number of benzene rings is 1. The number of halogens is 1. The van der Waals surface area contributed by atoms with Gasteiger partial charge < -0.3 is 14.8 Å². The van der Waals surface area contributed by atoms with E-state index in [4.69, 9.17) is 21.1 Å². The summed E-state index contributed by atoms with van der Waals surface area (Å²) in [6.07, 6.45) is 3.94. The first-order valence-corrected chi connectivity index (χ1v) is 6.97. The monoisotopic (exact) mass is 281 g/mol. The summed E-state index contributed by atoms with van der Waals surface area (Å²) in [5.41, 5.74) is 1.41. The van der Waals surface area contributed by atoms with E-state index < -0.39 is 0 Å². The second kappa shape index (κ2) is 5.39. The maximum absolute atomic E-state index is 11.1. The van der Waals surface area contributed by atoms with Gasteiger partial charge in [-0.2, -0.15) is 0 Å². The van der Waals surface area contributed by atoms with Crippen LogP contribution < -0.4 is 14.8 Å². The average molecular weight is 282 g/mol. The minimum absolute atomic E-state index is 0.388. The van der Waals surface area contributed by atoms with Crippen molar-refractivity contribution in [3.8, 4) is 11.5 Å². The lowest BCUT2D eigenvalue weighted by Crippen LogP contribution is -2.25. The molecule has 0 saturated carbocycles. The maximum atomic E-state index is 11.1. The molecule has 3 rings (SSSR count). The topological polar surface area (TPSA) is 47.6 Å². The molecule has 2 aliphatic rings. The van der Waals surface area contributed by atoms with E-state index in [0.717, 1.165) is 31.2 Å². The first kappa shape index (κ1) is 12.8. The number of hydrogen-bond donors (Lipinski definition) is 1. The molecule has 1 fully saturated rings. The minimum atomic E-state index is 0.388. The molecule has 2 heterocycles. The maximum Gasteiger partial charge on any atom is 0.173 e. The molecule has 0 spiro atoms. The highest BCUT2D eigenvalue weighted by molar-refractivity contribution is 6.33. The summed E-state index contributed by atoms with van der Waals surface area (Å²) in [4.78, 5) is 11.1. The van der Waals surface area contributed by atoms with Crippen LogP contribution in [0.3, 0.4) is 0 Å². The lowest BCUT2D eigenvalue weighted by molar-refractivity contribution is 0.111. The molecule has 1 atom stereocenters. The van der Waals surface area contributed by atoms with Crippen LogP contribution in [0.4, 0.5) is 0 Å². The Hall–Kier alpha value is -1.26. The van der Waals surface area contributed by atoms with Crippen molar-refractivity contribution in [1.29, 1.82) is 0 Å². The van der Waals surface area contributed by atoms with Crippen LogP contribution >= 0.6 is 11.6 Å². The van der Waals surface area contributed by atoms with Crippen LogP contribution in [0.5, 0.6) is 11.5 Å². The molecule has 2 aliphatic heterocycles. The molecule has 1 N–H and O–H groups in total. The molecule has 5 heteroatoms. The van der Waals surface area contributed by atoms with E-state index in [1.807, 2.05) is 6.07 Å². The number of aldehydes is 1. The van der Waals surface area contributed by atoms with Gasteiger partial charge >= 0.3 is 0 Å². The molecular formula is C14H16ClNO3. The Kier molecular flexibility index (Phi) is 3.62. The molecule has 0 bridgehead atoms. The van der Waals surface area contributed by atoms with Crippen molar-refractivity contribution in [2.24, 2.45) is 0 Å². The molecule has 1 aromatic carbocycles. The van der Waals surface area contributed by atoms with Gasteiger partial charge in [0.1, 0.15) is 13.2 Å². The highest BCUT2D eigenvalue weighted by Crippen LogP contribution is 2.41. The fourth-order valence-electron chi connectivity index (χ4n) is 2.72. The number of rotatable bonds is 3. The number of ether oxygens (including phenoxy) is 2. The van der Waals surface area contributed by atoms with E-state index in [2.05, 4.69) is 5.32 Å². The quantitative estimate of drug-likeness (QED) is 0.863. The lowest BCUT2D eigenvalue weighted by Gasteiger charge is -2.24. The van der Waals surface area contributed by atoms with Gasteiger partial charge in [-0.3, -0.25) is 4.79 Å². The van der Waals surface area contributed by atoms with Crippen LogP contribution in [-0.4, -0.2) is 32.1 Å². The molecule has 4 nitrogen and oxygen atoms in total. The van der Waals surface area contributed by atoms with E-state index in [1.54, 1.807) is 0 Å². The number of nitrogens with one attached hydrogen (secondary N) is 1. The fraction of sp³-hybridized carbons (Fsp3) is 0.500. The summed E-state index contributed by atoms with van der Waals surface area (Å²) in [5, 5.41) is 3.89. The number of carbonyl (C=O) groups is 1. The standard InChI is InChI=1S/C14H16ClNO3/c15-12-7-9(6-10-2-1-3-16-10)13-14(11(12)8-17)19-5-4-18-13/h7-8,10,16H,1-6H2. The van der Waals surface area contributed by atoms with Crippen LogP contribution in [0.2, 0.25) is 5.02 Å². The number of carbonyl (C=O) groups excluding carboxylic acids is 1. The van der Waals surface area contributed by atoms with Crippen molar-refractivity contribution in [1.82, 2.24) is 5.32 Å². The Bertz CT molecular complexity index is 498. The van der Waals surface area contributed by atoms with E-state index in [0.29, 0.717) is 41.3 Å². The second-order valence-electron chi connectivity index (χ2n) is 4.90. The highest BCUT2D eigenvalue weighted by atomic mass is 35.5. The molecule has 19 heavy (non-hydrogen) atoms. The SMILES string of the molecule is O=Cc1c(Cl)cc(CC2CCCN2)c2c1OCCO2. The van der Waals surface area contributed by atoms with Gasteiger partial charge in [0.05, 0.1) is 10.6 Å². The van der Waals surface area contributed by atoms with E-state index in [1.165, 1.54) is 6.42 Å². The van der Waals surface area contributed by atoms with Crippen molar-refractivity contribution in [3.05, 3.63) is 22.2 Å². The third kappa shape index (κ3) is 2.42.